The average molecular weight is 278 g/mol. The molecule has 0 aromatic carbocycles. The summed E-state index contributed by atoms with van der Waals surface area (Å²) in [5.41, 5.74) is 2.16. The Morgan fingerprint density at radius 2 is 2.30 bits per heavy atom. The number of hydrogen-bond acceptors (Lipinski definition) is 4. The molecule has 2 unspecified atom stereocenters. The maximum atomic E-state index is 10.3. The van der Waals surface area contributed by atoms with Crippen molar-refractivity contribution in [2.45, 2.75) is 45.3 Å². The van der Waals surface area contributed by atoms with Gasteiger partial charge in [0.15, 0.2) is 0 Å². The Bertz CT molecular complexity index is 392. The topological polar surface area (TPSA) is 45.6 Å². The van der Waals surface area contributed by atoms with Crippen molar-refractivity contribution >= 4 is 0 Å². The molecule has 1 aromatic heterocycles. The number of pyridine rings is 1. The first kappa shape index (κ1) is 15.4. The van der Waals surface area contributed by atoms with Gasteiger partial charge in [-0.3, -0.25) is 9.88 Å². The van der Waals surface area contributed by atoms with E-state index in [2.05, 4.69) is 29.8 Å². The van der Waals surface area contributed by atoms with Crippen LogP contribution in [-0.4, -0.2) is 53.4 Å². The van der Waals surface area contributed by atoms with Crippen LogP contribution in [0.4, 0.5) is 0 Å². The Kier molecular flexibility index (Phi) is 5.95. The van der Waals surface area contributed by atoms with Gasteiger partial charge in [-0.2, -0.15) is 0 Å². The van der Waals surface area contributed by atoms with E-state index >= 15 is 0 Å². The van der Waals surface area contributed by atoms with E-state index < -0.39 is 6.10 Å². The maximum absolute atomic E-state index is 10.3. The third kappa shape index (κ3) is 4.27. The molecule has 4 nitrogen and oxygen atoms in total. The minimum atomic E-state index is -0.477. The summed E-state index contributed by atoms with van der Waals surface area (Å²) in [6.07, 6.45) is 4.02. The third-order valence-corrected chi connectivity index (χ3v) is 3.86. The van der Waals surface area contributed by atoms with Crippen LogP contribution < -0.4 is 0 Å². The summed E-state index contributed by atoms with van der Waals surface area (Å²) in [5, 5.41) is 10.3. The van der Waals surface area contributed by atoms with E-state index in [1.54, 1.807) is 0 Å². The number of nitrogens with zero attached hydrogens (tertiary/aromatic N) is 2. The van der Waals surface area contributed by atoms with Gasteiger partial charge < -0.3 is 9.84 Å². The zero-order chi connectivity index (χ0) is 14.4. The van der Waals surface area contributed by atoms with Gasteiger partial charge in [0, 0.05) is 31.4 Å². The average Bonchev–Trinajstić information content (AvgIpc) is 2.48. The van der Waals surface area contributed by atoms with Crippen LogP contribution in [0.5, 0.6) is 0 Å². The van der Waals surface area contributed by atoms with Crippen molar-refractivity contribution < 1.29 is 9.84 Å². The zero-order valence-electron chi connectivity index (χ0n) is 12.6. The lowest BCUT2D eigenvalue weighted by molar-refractivity contribution is -0.0879. The highest BCUT2D eigenvalue weighted by atomic mass is 16.5. The molecule has 4 heteroatoms. The highest BCUT2D eigenvalue weighted by Crippen LogP contribution is 2.13. The van der Waals surface area contributed by atoms with E-state index in [0.717, 1.165) is 38.2 Å². The molecular weight excluding hydrogens is 252 g/mol. The van der Waals surface area contributed by atoms with Crippen molar-refractivity contribution in [3.8, 4) is 0 Å². The molecule has 0 saturated carbocycles. The van der Waals surface area contributed by atoms with Crippen LogP contribution in [0.1, 0.15) is 31.5 Å². The molecular formula is C16H26N2O2. The van der Waals surface area contributed by atoms with Crippen molar-refractivity contribution in [2.24, 2.45) is 0 Å². The molecule has 1 fully saturated rings. The Hall–Kier alpha value is -0.970. The highest BCUT2D eigenvalue weighted by molar-refractivity contribution is 5.14. The minimum absolute atomic E-state index is 0.0945. The lowest BCUT2D eigenvalue weighted by atomic mass is 10.1. The SMILES string of the molecule is CCCN1CCOC(C(O)Cc2ccc(CC)cn2)C1. The molecule has 2 atom stereocenters. The molecule has 0 bridgehead atoms. The minimum Gasteiger partial charge on any atom is -0.390 e. The van der Waals surface area contributed by atoms with Gasteiger partial charge in [-0.05, 0) is 31.0 Å². The van der Waals surface area contributed by atoms with Crippen molar-refractivity contribution in [3.05, 3.63) is 29.6 Å². The summed E-state index contributed by atoms with van der Waals surface area (Å²) in [4.78, 5) is 6.78. The van der Waals surface area contributed by atoms with Gasteiger partial charge in [-0.15, -0.1) is 0 Å². The Balaban J connectivity index is 1.88. The summed E-state index contributed by atoms with van der Waals surface area (Å²) in [5.74, 6) is 0. The fourth-order valence-corrected chi connectivity index (χ4v) is 2.61. The van der Waals surface area contributed by atoms with Crippen LogP contribution in [0.25, 0.3) is 0 Å². The molecule has 0 radical (unpaired) electrons. The van der Waals surface area contributed by atoms with Gasteiger partial charge in [0.1, 0.15) is 0 Å². The monoisotopic (exact) mass is 278 g/mol. The van der Waals surface area contributed by atoms with Crippen LogP contribution in [0.3, 0.4) is 0 Å². The zero-order valence-corrected chi connectivity index (χ0v) is 12.6. The third-order valence-electron chi connectivity index (χ3n) is 3.86. The number of aryl methyl sites for hydroxylation is 1. The standard InChI is InChI=1S/C16H26N2O2/c1-3-7-18-8-9-20-16(12-18)15(19)10-14-6-5-13(4-2)11-17-14/h5-6,11,15-16,19H,3-4,7-10,12H2,1-2H3. The number of aromatic nitrogens is 1. The quantitative estimate of drug-likeness (QED) is 0.859. The van der Waals surface area contributed by atoms with Crippen LogP contribution in [-0.2, 0) is 17.6 Å². The Morgan fingerprint density at radius 1 is 1.45 bits per heavy atom. The van der Waals surface area contributed by atoms with Gasteiger partial charge in [0.25, 0.3) is 0 Å². The van der Waals surface area contributed by atoms with Crippen molar-refractivity contribution in [2.75, 3.05) is 26.2 Å². The van der Waals surface area contributed by atoms with E-state index in [4.69, 9.17) is 4.74 Å². The molecule has 2 heterocycles. The largest absolute Gasteiger partial charge is 0.390 e. The fourth-order valence-electron chi connectivity index (χ4n) is 2.61. The van der Waals surface area contributed by atoms with E-state index in [1.165, 1.54) is 5.56 Å². The number of rotatable bonds is 6. The van der Waals surface area contributed by atoms with Crippen molar-refractivity contribution in [1.82, 2.24) is 9.88 Å². The second-order valence-electron chi connectivity index (χ2n) is 5.49. The second-order valence-corrected chi connectivity index (χ2v) is 5.49. The lowest BCUT2D eigenvalue weighted by Crippen LogP contribution is -2.48. The molecule has 2 rings (SSSR count). The molecule has 1 aliphatic rings. The fraction of sp³-hybridized carbons (Fsp3) is 0.688. The van der Waals surface area contributed by atoms with E-state index in [9.17, 15) is 5.11 Å². The smallest absolute Gasteiger partial charge is 0.0964 e. The van der Waals surface area contributed by atoms with Gasteiger partial charge in [0.2, 0.25) is 0 Å². The van der Waals surface area contributed by atoms with Gasteiger partial charge >= 0.3 is 0 Å². The molecule has 1 N–H and O–H groups in total. The molecule has 112 valence electrons. The first-order valence-electron chi connectivity index (χ1n) is 7.68. The predicted octanol–water partition coefficient (Wildman–Crippen LogP) is 1.66. The summed E-state index contributed by atoms with van der Waals surface area (Å²) in [7, 11) is 0. The molecule has 1 aromatic rings. The van der Waals surface area contributed by atoms with Gasteiger partial charge in [0.05, 0.1) is 18.8 Å². The van der Waals surface area contributed by atoms with E-state index in [0.29, 0.717) is 13.0 Å². The first-order chi connectivity index (χ1) is 9.72. The summed E-state index contributed by atoms with van der Waals surface area (Å²) in [6, 6.07) is 4.09. The first-order valence-corrected chi connectivity index (χ1v) is 7.68. The number of hydrogen-bond donors (Lipinski definition) is 1. The molecule has 0 amide bonds. The number of morpholine rings is 1. The number of aliphatic hydroxyl groups excluding tert-OH is 1. The van der Waals surface area contributed by atoms with Gasteiger partial charge in [-0.1, -0.05) is 19.9 Å². The normalized spacial score (nSPS) is 21.9. The molecule has 1 saturated heterocycles. The van der Waals surface area contributed by atoms with Crippen LogP contribution in [0.2, 0.25) is 0 Å². The van der Waals surface area contributed by atoms with E-state index in [-0.39, 0.29) is 6.10 Å². The molecule has 0 spiro atoms. The maximum Gasteiger partial charge on any atom is 0.0964 e. The summed E-state index contributed by atoms with van der Waals surface area (Å²) >= 11 is 0. The predicted molar refractivity (Wildman–Crippen MR) is 79.8 cm³/mol. The summed E-state index contributed by atoms with van der Waals surface area (Å²) < 4.78 is 5.71. The van der Waals surface area contributed by atoms with Crippen molar-refractivity contribution in [1.29, 1.82) is 0 Å². The lowest BCUT2D eigenvalue weighted by Gasteiger charge is -2.35. The van der Waals surface area contributed by atoms with Crippen LogP contribution >= 0.6 is 0 Å². The summed E-state index contributed by atoms with van der Waals surface area (Å²) in [6.45, 7) is 7.88. The van der Waals surface area contributed by atoms with Crippen LogP contribution in [0.15, 0.2) is 18.3 Å². The second kappa shape index (κ2) is 7.72. The number of ether oxygens (including phenoxy) is 1. The Morgan fingerprint density at radius 3 is 2.95 bits per heavy atom. The van der Waals surface area contributed by atoms with Crippen LogP contribution in [0, 0.1) is 0 Å². The Labute approximate surface area is 121 Å². The van der Waals surface area contributed by atoms with Gasteiger partial charge in [-0.25, -0.2) is 0 Å². The van der Waals surface area contributed by atoms with E-state index in [1.807, 2.05) is 12.3 Å². The molecule has 0 aliphatic carbocycles. The van der Waals surface area contributed by atoms with Crippen molar-refractivity contribution in [3.63, 3.8) is 0 Å². The highest BCUT2D eigenvalue weighted by Gasteiger charge is 2.26. The number of aliphatic hydroxyl groups is 1. The molecule has 1 aliphatic heterocycles. The molecule has 20 heavy (non-hydrogen) atoms.